The molecule has 0 saturated carbocycles. The van der Waals surface area contributed by atoms with Gasteiger partial charge in [0.1, 0.15) is 0 Å². The molecule has 0 aliphatic heterocycles. The molecule has 0 aliphatic rings. The van der Waals surface area contributed by atoms with Crippen molar-refractivity contribution in [2.45, 2.75) is 32.9 Å². The molecule has 0 saturated heterocycles. The van der Waals surface area contributed by atoms with Crippen LogP contribution in [0.25, 0.3) is 0 Å². The molecule has 0 fully saturated rings. The summed E-state index contributed by atoms with van der Waals surface area (Å²) >= 11 is 0. The summed E-state index contributed by atoms with van der Waals surface area (Å²) in [6, 6.07) is 6.99. The lowest BCUT2D eigenvalue weighted by Gasteiger charge is -2.20. The molecule has 1 aromatic rings. The highest BCUT2D eigenvalue weighted by Gasteiger charge is 2.09. The monoisotopic (exact) mass is 248 g/mol. The molecule has 98 valence electrons. The van der Waals surface area contributed by atoms with Crippen molar-refractivity contribution in [3.05, 3.63) is 35.4 Å². The second-order valence-electron chi connectivity index (χ2n) is 5.14. The van der Waals surface area contributed by atoms with Gasteiger partial charge in [0, 0.05) is 11.1 Å². The van der Waals surface area contributed by atoms with E-state index in [1.807, 2.05) is 32.9 Å². The average Bonchev–Trinajstić information content (AvgIpc) is 2.24. The predicted molar refractivity (Wildman–Crippen MR) is 73.2 cm³/mol. The van der Waals surface area contributed by atoms with Crippen LogP contribution in [-0.2, 0) is 6.54 Å². The molecule has 1 rings (SSSR count). The van der Waals surface area contributed by atoms with Gasteiger partial charge in [-0.1, -0.05) is 12.1 Å². The van der Waals surface area contributed by atoms with Crippen molar-refractivity contribution in [3.63, 3.8) is 0 Å². The van der Waals surface area contributed by atoms with E-state index in [-0.39, 0.29) is 5.54 Å². The average molecular weight is 248 g/mol. The molecule has 0 atom stereocenters. The van der Waals surface area contributed by atoms with Gasteiger partial charge in [-0.05, 0) is 38.5 Å². The molecule has 0 unspecified atom stereocenters. The van der Waals surface area contributed by atoms with E-state index in [9.17, 15) is 4.79 Å². The summed E-state index contributed by atoms with van der Waals surface area (Å²) in [7, 11) is 0. The maximum atomic E-state index is 10.9. The predicted octanol–water partition coefficient (Wildman–Crippen LogP) is 0.988. The summed E-state index contributed by atoms with van der Waals surface area (Å²) in [6.45, 7) is 6.50. The SMILES string of the molecule is CC(C)(C)NC(N)=NCc1ccc(C(N)=O)cc1. The van der Waals surface area contributed by atoms with E-state index in [0.717, 1.165) is 5.56 Å². The largest absolute Gasteiger partial charge is 0.370 e. The Morgan fingerprint density at radius 1 is 1.22 bits per heavy atom. The van der Waals surface area contributed by atoms with E-state index in [2.05, 4.69) is 10.3 Å². The highest BCUT2D eigenvalue weighted by Crippen LogP contribution is 2.05. The van der Waals surface area contributed by atoms with E-state index in [4.69, 9.17) is 11.5 Å². The summed E-state index contributed by atoms with van der Waals surface area (Å²) in [6.07, 6.45) is 0. The third-order valence-corrected chi connectivity index (χ3v) is 2.17. The lowest BCUT2D eigenvalue weighted by molar-refractivity contribution is 0.100. The van der Waals surface area contributed by atoms with Gasteiger partial charge in [-0.25, -0.2) is 4.99 Å². The van der Waals surface area contributed by atoms with Crippen LogP contribution in [0.2, 0.25) is 0 Å². The van der Waals surface area contributed by atoms with Crippen LogP contribution in [0.3, 0.4) is 0 Å². The Bertz CT molecular complexity index is 443. The number of nitrogens with zero attached hydrogens (tertiary/aromatic N) is 1. The van der Waals surface area contributed by atoms with Crippen LogP contribution in [0.1, 0.15) is 36.7 Å². The number of aliphatic imine (C=N–C) groups is 1. The van der Waals surface area contributed by atoms with Crippen LogP contribution in [0.5, 0.6) is 0 Å². The molecule has 0 radical (unpaired) electrons. The van der Waals surface area contributed by atoms with E-state index in [1.165, 1.54) is 0 Å². The number of primary amides is 1. The van der Waals surface area contributed by atoms with Crippen molar-refractivity contribution < 1.29 is 4.79 Å². The lowest BCUT2D eigenvalue weighted by Crippen LogP contribution is -2.44. The molecule has 18 heavy (non-hydrogen) atoms. The number of benzene rings is 1. The maximum absolute atomic E-state index is 10.9. The number of carbonyl (C=O) groups is 1. The topological polar surface area (TPSA) is 93.5 Å². The van der Waals surface area contributed by atoms with Crippen LogP contribution >= 0.6 is 0 Å². The van der Waals surface area contributed by atoms with Crippen molar-refractivity contribution in [1.29, 1.82) is 0 Å². The van der Waals surface area contributed by atoms with Gasteiger partial charge in [0.05, 0.1) is 6.54 Å². The fourth-order valence-corrected chi connectivity index (χ4v) is 1.37. The van der Waals surface area contributed by atoms with Crippen LogP contribution in [-0.4, -0.2) is 17.4 Å². The van der Waals surface area contributed by atoms with Crippen molar-refractivity contribution in [1.82, 2.24) is 5.32 Å². The Morgan fingerprint density at radius 2 is 1.78 bits per heavy atom. The summed E-state index contributed by atoms with van der Waals surface area (Å²) in [4.78, 5) is 15.1. The summed E-state index contributed by atoms with van der Waals surface area (Å²) < 4.78 is 0. The van der Waals surface area contributed by atoms with Crippen molar-refractivity contribution in [2.24, 2.45) is 16.5 Å². The van der Waals surface area contributed by atoms with Gasteiger partial charge in [-0.2, -0.15) is 0 Å². The molecule has 5 nitrogen and oxygen atoms in total. The molecule has 0 bridgehead atoms. The number of carbonyl (C=O) groups excluding carboxylic acids is 1. The smallest absolute Gasteiger partial charge is 0.248 e. The minimum atomic E-state index is -0.432. The second-order valence-corrected chi connectivity index (χ2v) is 5.14. The van der Waals surface area contributed by atoms with Gasteiger partial charge in [0.25, 0.3) is 0 Å². The molecule has 1 aromatic carbocycles. The number of hydrogen-bond acceptors (Lipinski definition) is 2. The zero-order valence-electron chi connectivity index (χ0n) is 11.0. The van der Waals surface area contributed by atoms with Gasteiger partial charge in [-0.15, -0.1) is 0 Å². The minimum absolute atomic E-state index is 0.108. The third kappa shape index (κ3) is 4.86. The molecule has 5 heteroatoms. The first-order chi connectivity index (χ1) is 8.28. The van der Waals surface area contributed by atoms with E-state index in [1.54, 1.807) is 12.1 Å². The summed E-state index contributed by atoms with van der Waals surface area (Å²) in [5.74, 6) is -0.0274. The van der Waals surface area contributed by atoms with Crippen molar-refractivity contribution in [3.8, 4) is 0 Å². The molecule has 0 heterocycles. The summed E-state index contributed by atoms with van der Waals surface area (Å²) in [5.41, 5.74) is 12.3. The zero-order chi connectivity index (χ0) is 13.8. The quantitative estimate of drug-likeness (QED) is 0.550. The number of rotatable bonds is 3. The molecular formula is C13H20N4O. The van der Waals surface area contributed by atoms with Gasteiger partial charge in [0.2, 0.25) is 5.91 Å². The number of hydrogen-bond donors (Lipinski definition) is 3. The summed E-state index contributed by atoms with van der Waals surface area (Å²) in [5, 5.41) is 3.07. The maximum Gasteiger partial charge on any atom is 0.248 e. The Kier molecular flexibility index (Phi) is 4.31. The molecule has 1 amide bonds. The molecule has 0 aliphatic carbocycles. The molecule has 0 spiro atoms. The third-order valence-electron chi connectivity index (χ3n) is 2.17. The lowest BCUT2D eigenvalue weighted by atomic mass is 10.1. The first kappa shape index (κ1) is 14.0. The van der Waals surface area contributed by atoms with Gasteiger partial charge in [-0.3, -0.25) is 4.79 Å². The Hall–Kier alpha value is -2.04. The Labute approximate surface area is 107 Å². The van der Waals surface area contributed by atoms with E-state index < -0.39 is 5.91 Å². The fourth-order valence-electron chi connectivity index (χ4n) is 1.37. The minimum Gasteiger partial charge on any atom is -0.370 e. The van der Waals surface area contributed by atoms with Crippen molar-refractivity contribution >= 4 is 11.9 Å². The Morgan fingerprint density at radius 3 is 2.22 bits per heavy atom. The van der Waals surface area contributed by atoms with Gasteiger partial charge >= 0.3 is 0 Å². The first-order valence-corrected chi connectivity index (χ1v) is 5.75. The van der Waals surface area contributed by atoms with Crippen LogP contribution in [0, 0.1) is 0 Å². The number of nitrogens with one attached hydrogen (secondary N) is 1. The first-order valence-electron chi connectivity index (χ1n) is 5.75. The molecular weight excluding hydrogens is 228 g/mol. The van der Waals surface area contributed by atoms with Crippen LogP contribution < -0.4 is 16.8 Å². The van der Waals surface area contributed by atoms with E-state index in [0.29, 0.717) is 18.1 Å². The second kappa shape index (κ2) is 5.53. The fraction of sp³-hybridized carbons (Fsp3) is 0.385. The van der Waals surface area contributed by atoms with E-state index >= 15 is 0 Å². The zero-order valence-corrected chi connectivity index (χ0v) is 11.0. The number of nitrogens with two attached hydrogens (primary N) is 2. The van der Waals surface area contributed by atoms with Gasteiger partial charge in [0.15, 0.2) is 5.96 Å². The Balaban J connectivity index is 2.63. The number of guanidine groups is 1. The highest BCUT2D eigenvalue weighted by atomic mass is 16.1. The van der Waals surface area contributed by atoms with Crippen molar-refractivity contribution in [2.75, 3.05) is 0 Å². The molecule has 0 aromatic heterocycles. The van der Waals surface area contributed by atoms with Crippen LogP contribution in [0.15, 0.2) is 29.3 Å². The highest BCUT2D eigenvalue weighted by molar-refractivity contribution is 5.92. The number of amides is 1. The normalized spacial score (nSPS) is 12.3. The standard InChI is InChI=1S/C13H20N4O/c1-13(2,3)17-12(15)16-8-9-4-6-10(7-5-9)11(14)18/h4-7H,8H2,1-3H3,(H2,14,18)(H3,15,16,17). The molecule has 5 N–H and O–H groups in total. The van der Waals surface area contributed by atoms with Crippen LogP contribution in [0.4, 0.5) is 0 Å². The van der Waals surface area contributed by atoms with Gasteiger partial charge < -0.3 is 16.8 Å².